The van der Waals surface area contributed by atoms with Crippen molar-refractivity contribution in [1.29, 1.82) is 0 Å². The fourth-order valence-corrected chi connectivity index (χ4v) is 2.60. The lowest BCUT2D eigenvalue weighted by molar-refractivity contribution is 0.129. The Morgan fingerprint density at radius 1 is 1.62 bits per heavy atom. The molecule has 1 aromatic heterocycles. The summed E-state index contributed by atoms with van der Waals surface area (Å²) < 4.78 is 0. The molecule has 6 heteroatoms. The van der Waals surface area contributed by atoms with Gasteiger partial charge in [0.25, 0.3) is 5.95 Å². The predicted molar refractivity (Wildman–Crippen MR) is 44.1 cm³/mol. The average molecular weight is 181 g/mol. The van der Waals surface area contributed by atoms with E-state index in [0.717, 1.165) is 19.4 Å². The molecule has 0 amide bonds. The monoisotopic (exact) mass is 181 g/mol. The highest BCUT2D eigenvalue weighted by molar-refractivity contribution is 5.40. The number of aliphatic hydroxyl groups excluding tert-OH is 1. The number of aromatic nitrogens is 4. The summed E-state index contributed by atoms with van der Waals surface area (Å²) in [4.78, 5) is 2.07. The molecule has 1 saturated carbocycles. The van der Waals surface area contributed by atoms with Gasteiger partial charge in [0, 0.05) is 6.54 Å². The van der Waals surface area contributed by atoms with Crippen molar-refractivity contribution in [1.82, 2.24) is 20.6 Å². The normalized spacial score (nSPS) is 36.4. The Morgan fingerprint density at radius 3 is 3.08 bits per heavy atom. The van der Waals surface area contributed by atoms with Gasteiger partial charge in [-0.1, -0.05) is 5.10 Å². The highest BCUT2D eigenvalue weighted by Crippen LogP contribution is 2.50. The number of aliphatic hydroxyl groups is 1. The van der Waals surface area contributed by atoms with Crippen molar-refractivity contribution in [2.75, 3.05) is 18.1 Å². The molecule has 0 aromatic carbocycles. The average Bonchev–Trinajstić information content (AvgIpc) is 2.76. The van der Waals surface area contributed by atoms with E-state index in [1.807, 2.05) is 0 Å². The lowest BCUT2D eigenvalue weighted by Gasteiger charge is -2.39. The first-order valence-corrected chi connectivity index (χ1v) is 4.46. The van der Waals surface area contributed by atoms with Gasteiger partial charge in [-0.15, -0.1) is 5.10 Å². The van der Waals surface area contributed by atoms with E-state index in [1.165, 1.54) is 0 Å². The Kier molecular flexibility index (Phi) is 1.23. The zero-order valence-corrected chi connectivity index (χ0v) is 7.14. The minimum absolute atomic E-state index is 0.0749. The van der Waals surface area contributed by atoms with Crippen LogP contribution in [0.5, 0.6) is 0 Å². The Balaban J connectivity index is 1.93. The molecule has 3 aliphatic rings. The van der Waals surface area contributed by atoms with E-state index >= 15 is 0 Å². The van der Waals surface area contributed by atoms with Crippen molar-refractivity contribution in [2.45, 2.75) is 18.4 Å². The smallest absolute Gasteiger partial charge is 0.266 e. The molecule has 70 valence electrons. The molecule has 3 heterocycles. The molecule has 2 saturated heterocycles. The van der Waals surface area contributed by atoms with Crippen LogP contribution in [-0.2, 0) is 0 Å². The number of tetrazole rings is 1. The van der Waals surface area contributed by atoms with Gasteiger partial charge < -0.3 is 10.0 Å². The lowest BCUT2D eigenvalue weighted by atomic mass is 9.74. The molecular weight excluding hydrogens is 170 g/mol. The molecule has 3 fully saturated rings. The Labute approximate surface area is 74.9 Å². The SMILES string of the molecule is OCC12CC(CN1c1nn[nH]n1)C2. The molecule has 13 heavy (non-hydrogen) atoms. The lowest BCUT2D eigenvalue weighted by Crippen LogP contribution is -2.49. The van der Waals surface area contributed by atoms with Crippen molar-refractivity contribution in [2.24, 2.45) is 5.92 Å². The van der Waals surface area contributed by atoms with Gasteiger partial charge >= 0.3 is 0 Å². The number of anilines is 1. The molecule has 1 aliphatic carbocycles. The molecule has 0 spiro atoms. The zero-order valence-electron chi connectivity index (χ0n) is 7.14. The quantitative estimate of drug-likeness (QED) is 0.622. The Hall–Kier alpha value is -1.17. The van der Waals surface area contributed by atoms with Crippen molar-refractivity contribution in [3.05, 3.63) is 0 Å². The summed E-state index contributed by atoms with van der Waals surface area (Å²) >= 11 is 0. The van der Waals surface area contributed by atoms with Crippen LogP contribution in [-0.4, -0.2) is 44.4 Å². The van der Waals surface area contributed by atoms with E-state index in [-0.39, 0.29) is 12.1 Å². The van der Waals surface area contributed by atoms with Crippen LogP contribution < -0.4 is 4.90 Å². The van der Waals surface area contributed by atoms with E-state index in [0.29, 0.717) is 11.9 Å². The van der Waals surface area contributed by atoms with E-state index < -0.39 is 0 Å². The van der Waals surface area contributed by atoms with Crippen molar-refractivity contribution in [3.63, 3.8) is 0 Å². The number of hydrogen-bond donors (Lipinski definition) is 2. The number of hydrogen-bond acceptors (Lipinski definition) is 5. The van der Waals surface area contributed by atoms with Crippen LogP contribution in [0.4, 0.5) is 5.95 Å². The summed E-state index contributed by atoms with van der Waals surface area (Å²) in [5.41, 5.74) is -0.0749. The minimum atomic E-state index is -0.0749. The van der Waals surface area contributed by atoms with Crippen molar-refractivity contribution >= 4 is 5.95 Å². The van der Waals surface area contributed by atoms with Gasteiger partial charge in [-0.2, -0.15) is 5.21 Å². The van der Waals surface area contributed by atoms with Gasteiger partial charge in [-0.3, -0.25) is 0 Å². The predicted octanol–water partition coefficient (Wildman–Crippen LogP) is -0.839. The molecule has 2 N–H and O–H groups in total. The summed E-state index contributed by atoms with van der Waals surface area (Å²) in [6.45, 7) is 1.15. The van der Waals surface area contributed by atoms with Gasteiger partial charge in [0.05, 0.1) is 12.1 Å². The zero-order chi connectivity index (χ0) is 8.89. The largest absolute Gasteiger partial charge is 0.394 e. The second kappa shape index (κ2) is 2.20. The fourth-order valence-electron chi connectivity index (χ4n) is 2.60. The minimum Gasteiger partial charge on any atom is -0.394 e. The topological polar surface area (TPSA) is 77.9 Å². The number of rotatable bonds is 2. The summed E-state index contributed by atoms with van der Waals surface area (Å²) in [6.07, 6.45) is 2.13. The van der Waals surface area contributed by atoms with Gasteiger partial charge in [0.15, 0.2) is 0 Å². The van der Waals surface area contributed by atoms with Gasteiger partial charge in [0.2, 0.25) is 0 Å². The maximum absolute atomic E-state index is 9.30. The van der Waals surface area contributed by atoms with Crippen LogP contribution >= 0.6 is 0 Å². The fraction of sp³-hybridized carbons (Fsp3) is 0.857. The maximum Gasteiger partial charge on any atom is 0.266 e. The number of nitrogens with zero attached hydrogens (tertiary/aromatic N) is 4. The summed E-state index contributed by atoms with van der Waals surface area (Å²) in [7, 11) is 0. The molecule has 6 nitrogen and oxygen atoms in total. The standard InChI is InChI=1S/C7H11N5O/c13-4-7-1-5(2-7)3-12(7)6-8-10-11-9-6/h5,13H,1-4H2,(H,8,9,10,11). The summed E-state index contributed by atoms with van der Waals surface area (Å²) in [5, 5.41) is 23.1. The van der Waals surface area contributed by atoms with E-state index in [9.17, 15) is 5.11 Å². The second-order valence-electron chi connectivity index (χ2n) is 3.98. The summed E-state index contributed by atoms with van der Waals surface area (Å²) in [6, 6.07) is 0. The highest BCUT2D eigenvalue weighted by atomic mass is 16.3. The van der Waals surface area contributed by atoms with Crippen LogP contribution in [0.25, 0.3) is 0 Å². The maximum atomic E-state index is 9.30. The van der Waals surface area contributed by atoms with Crippen LogP contribution in [0.3, 0.4) is 0 Å². The Morgan fingerprint density at radius 2 is 2.46 bits per heavy atom. The Bertz CT molecular complexity index is 305. The first-order valence-electron chi connectivity index (χ1n) is 4.46. The molecule has 0 radical (unpaired) electrons. The van der Waals surface area contributed by atoms with Gasteiger partial charge in [-0.05, 0) is 24.0 Å². The number of aromatic amines is 1. The molecule has 2 aliphatic heterocycles. The van der Waals surface area contributed by atoms with Crippen LogP contribution in [0, 0.1) is 5.92 Å². The molecule has 0 atom stereocenters. The number of fused-ring (bicyclic) bond motifs is 1. The third kappa shape index (κ3) is 0.783. The van der Waals surface area contributed by atoms with E-state index in [4.69, 9.17) is 0 Å². The third-order valence-electron chi connectivity index (χ3n) is 3.22. The molecule has 0 unspecified atom stereocenters. The molecular formula is C7H11N5O. The molecule has 1 aromatic rings. The van der Waals surface area contributed by atoms with Crippen molar-refractivity contribution in [3.8, 4) is 0 Å². The van der Waals surface area contributed by atoms with Crippen LogP contribution in [0.15, 0.2) is 0 Å². The summed E-state index contributed by atoms with van der Waals surface area (Å²) in [5.74, 6) is 1.33. The second-order valence-corrected chi connectivity index (χ2v) is 3.98. The first kappa shape index (κ1) is 7.25. The highest BCUT2D eigenvalue weighted by Gasteiger charge is 2.56. The van der Waals surface area contributed by atoms with Gasteiger partial charge in [-0.25, -0.2) is 0 Å². The molecule has 4 rings (SSSR count). The van der Waals surface area contributed by atoms with E-state index in [1.54, 1.807) is 0 Å². The number of H-pyrrole nitrogens is 1. The van der Waals surface area contributed by atoms with Crippen LogP contribution in [0.2, 0.25) is 0 Å². The number of nitrogens with one attached hydrogen (secondary N) is 1. The first-order chi connectivity index (χ1) is 6.34. The van der Waals surface area contributed by atoms with Crippen LogP contribution in [0.1, 0.15) is 12.8 Å². The van der Waals surface area contributed by atoms with Gasteiger partial charge in [0.1, 0.15) is 0 Å². The third-order valence-corrected chi connectivity index (χ3v) is 3.22. The molecule has 2 bridgehead atoms. The van der Waals surface area contributed by atoms with E-state index in [2.05, 4.69) is 25.5 Å². The van der Waals surface area contributed by atoms with Crippen molar-refractivity contribution < 1.29 is 5.11 Å².